The number of thiophene rings is 1. The number of carbonyl (C=O) groups is 1. The lowest BCUT2D eigenvalue weighted by atomic mass is 10.1. The Balaban J connectivity index is 1.54. The molecule has 2 aromatic heterocycles. The molecule has 0 saturated heterocycles. The summed E-state index contributed by atoms with van der Waals surface area (Å²) in [6.07, 6.45) is 1.63. The lowest BCUT2D eigenvalue weighted by Crippen LogP contribution is -2.37. The van der Waals surface area contributed by atoms with E-state index in [4.69, 9.17) is 4.42 Å². The Morgan fingerprint density at radius 3 is 2.62 bits per heavy atom. The molecule has 2 amide bonds. The average molecular weight is 344 g/mol. The molecule has 0 aliphatic rings. The smallest absolute Gasteiger partial charge is 0.315 e. The molecule has 0 radical (unpaired) electrons. The van der Waals surface area contributed by atoms with E-state index in [0.29, 0.717) is 13.1 Å². The molecule has 2 heterocycles. The van der Waals surface area contributed by atoms with Crippen molar-refractivity contribution in [3.05, 3.63) is 82.2 Å². The maximum Gasteiger partial charge on any atom is 0.315 e. The summed E-state index contributed by atoms with van der Waals surface area (Å²) in [4.78, 5) is 13.1. The Kier molecular flexibility index (Phi) is 5.28. The minimum absolute atomic E-state index is 0.0171. The number of benzene rings is 1. The Morgan fingerprint density at radius 2 is 1.96 bits per heavy atom. The Labute approximate surface area is 143 Å². The van der Waals surface area contributed by atoms with E-state index in [1.54, 1.807) is 29.7 Å². The van der Waals surface area contributed by atoms with Crippen LogP contribution in [0.5, 0.6) is 0 Å². The van der Waals surface area contributed by atoms with Crippen molar-refractivity contribution in [2.24, 2.45) is 0 Å². The highest BCUT2D eigenvalue weighted by Gasteiger charge is 2.18. The second kappa shape index (κ2) is 7.79. The number of urea groups is 1. The van der Waals surface area contributed by atoms with Gasteiger partial charge < -0.3 is 15.1 Å². The third kappa shape index (κ3) is 4.23. The number of halogens is 1. The van der Waals surface area contributed by atoms with Crippen LogP contribution in [-0.4, -0.2) is 12.6 Å². The van der Waals surface area contributed by atoms with E-state index >= 15 is 0 Å². The summed E-state index contributed by atoms with van der Waals surface area (Å²) in [6, 6.07) is 13.5. The molecule has 0 aliphatic carbocycles. The van der Waals surface area contributed by atoms with E-state index in [1.165, 1.54) is 12.1 Å². The predicted octanol–water partition coefficient (Wildman–Crippen LogP) is 4.11. The minimum atomic E-state index is -0.291. The van der Waals surface area contributed by atoms with Gasteiger partial charge in [0.2, 0.25) is 0 Å². The molecule has 3 aromatic rings. The summed E-state index contributed by atoms with van der Waals surface area (Å²) in [6.45, 7) is 0.778. The topological polar surface area (TPSA) is 54.3 Å². The molecule has 0 bridgehead atoms. The first-order valence-corrected chi connectivity index (χ1v) is 8.43. The quantitative estimate of drug-likeness (QED) is 0.707. The molecule has 1 aromatic carbocycles. The maximum atomic E-state index is 12.9. The first kappa shape index (κ1) is 16.3. The summed E-state index contributed by atoms with van der Waals surface area (Å²) in [5.41, 5.74) is 0.840. The van der Waals surface area contributed by atoms with Crippen molar-refractivity contribution < 1.29 is 13.6 Å². The standard InChI is InChI=1S/C18H17FN2O2S/c19-14-7-5-13(6-8-14)11-20-18(22)21-12-15(16-3-1-9-23-16)17-4-2-10-24-17/h1-10,15H,11-12H2,(H2,20,21,22)/t15-/m0/s1. The van der Waals surface area contributed by atoms with Gasteiger partial charge in [0, 0.05) is 18.0 Å². The molecule has 0 fully saturated rings. The van der Waals surface area contributed by atoms with Crippen molar-refractivity contribution in [2.45, 2.75) is 12.5 Å². The van der Waals surface area contributed by atoms with Crippen LogP contribution in [0.25, 0.3) is 0 Å². The monoisotopic (exact) mass is 344 g/mol. The first-order chi connectivity index (χ1) is 11.7. The highest BCUT2D eigenvalue weighted by Crippen LogP contribution is 2.27. The van der Waals surface area contributed by atoms with Gasteiger partial charge in [0.25, 0.3) is 0 Å². The van der Waals surface area contributed by atoms with Gasteiger partial charge in [-0.2, -0.15) is 0 Å². The third-order valence-electron chi connectivity index (χ3n) is 3.61. The van der Waals surface area contributed by atoms with Crippen molar-refractivity contribution in [3.8, 4) is 0 Å². The van der Waals surface area contributed by atoms with Crippen molar-refractivity contribution in [3.63, 3.8) is 0 Å². The predicted molar refractivity (Wildman–Crippen MR) is 91.5 cm³/mol. The number of nitrogens with one attached hydrogen (secondary N) is 2. The molecular weight excluding hydrogens is 327 g/mol. The first-order valence-electron chi connectivity index (χ1n) is 7.55. The van der Waals surface area contributed by atoms with E-state index in [0.717, 1.165) is 16.2 Å². The number of hydrogen-bond donors (Lipinski definition) is 2. The van der Waals surface area contributed by atoms with Crippen LogP contribution in [0.3, 0.4) is 0 Å². The van der Waals surface area contributed by atoms with Gasteiger partial charge in [-0.3, -0.25) is 0 Å². The number of amides is 2. The van der Waals surface area contributed by atoms with Crippen LogP contribution < -0.4 is 10.6 Å². The highest BCUT2D eigenvalue weighted by molar-refractivity contribution is 7.10. The molecule has 1 atom stereocenters. The molecule has 0 aliphatic heterocycles. The number of furan rings is 1. The Morgan fingerprint density at radius 1 is 1.12 bits per heavy atom. The normalized spacial score (nSPS) is 11.9. The fourth-order valence-electron chi connectivity index (χ4n) is 2.36. The number of rotatable bonds is 6. The van der Waals surface area contributed by atoms with Crippen LogP contribution in [0.2, 0.25) is 0 Å². The van der Waals surface area contributed by atoms with E-state index < -0.39 is 0 Å². The van der Waals surface area contributed by atoms with E-state index in [1.807, 2.05) is 29.6 Å². The van der Waals surface area contributed by atoms with Crippen LogP contribution in [0.15, 0.2) is 64.6 Å². The van der Waals surface area contributed by atoms with Gasteiger partial charge >= 0.3 is 6.03 Å². The van der Waals surface area contributed by atoms with E-state index in [2.05, 4.69) is 10.6 Å². The highest BCUT2D eigenvalue weighted by atomic mass is 32.1. The van der Waals surface area contributed by atoms with Crippen LogP contribution in [0, 0.1) is 5.82 Å². The lowest BCUT2D eigenvalue weighted by molar-refractivity contribution is 0.240. The largest absolute Gasteiger partial charge is 0.469 e. The second-order valence-electron chi connectivity index (χ2n) is 5.27. The van der Waals surface area contributed by atoms with Gasteiger partial charge in [-0.15, -0.1) is 11.3 Å². The van der Waals surface area contributed by atoms with Gasteiger partial charge in [0.15, 0.2) is 0 Å². The molecule has 6 heteroatoms. The number of carbonyl (C=O) groups excluding carboxylic acids is 1. The van der Waals surface area contributed by atoms with Crippen molar-refractivity contribution in [1.82, 2.24) is 10.6 Å². The fourth-order valence-corrected chi connectivity index (χ4v) is 3.20. The Bertz CT molecular complexity index is 721. The van der Waals surface area contributed by atoms with Crippen LogP contribution in [0.4, 0.5) is 9.18 Å². The molecule has 4 nitrogen and oxygen atoms in total. The average Bonchev–Trinajstić information content (AvgIpc) is 3.29. The van der Waals surface area contributed by atoms with Crippen LogP contribution in [0.1, 0.15) is 22.1 Å². The van der Waals surface area contributed by atoms with Crippen LogP contribution in [-0.2, 0) is 6.54 Å². The van der Waals surface area contributed by atoms with Crippen LogP contribution >= 0.6 is 11.3 Å². The fraction of sp³-hybridized carbons (Fsp3) is 0.167. The maximum absolute atomic E-state index is 12.9. The molecule has 124 valence electrons. The molecule has 3 rings (SSSR count). The van der Waals surface area contributed by atoms with Gasteiger partial charge in [-0.05, 0) is 41.3 Å². The zero-order valence-electron chi connectivity index (χ0n) is 12.9. The van der Waals surface area contributed by atoms with Crippen molar-refractivity contribution in [1.29, 1.82) is 0 Å². The molecule has 2 N–H and O–H groups in total. The van der Waals surface area contributed by atoms with Crippen molar-refractivity contribution in [2.75, 3.05) is 6.54 Å². The van der Waals surface area contributed by atoms with Crippen molar-refractivity contribution >= 4 is 17.4 Å². The zero-order valence-corrected chi connectivity index (χ0v) is 13.7. The summed E-state index contributed by atoms with van der Waals surface area (Å²) in [5.74, 6) is 0.508. The Hall–Kier alpha value is -2.60. The molecular formula is C18H17FN2O2S. The minimum Gasteiger partial charge on any atom is -0.469 e. The van der Waals surface area contributed by atoms with E-state index in [9.17, 15) is 9.18 Å². The van der Waals surface area contributed by atoms with Gasteiger partial charge in [-0.1, -0.05) is 18.2 Å². The molecule has 24 heavy (non-hydrogen) atoms. The molecule has 0 saturated carbocycles. The summed E-state index contributed by atoms with van der Waals surface area (Å²) in [5, 5.41) is 7.63. The summed E-state index contributed by atoms with van der Waals surface area (Å²) < 4.78 is 18.3. The molecule has 0 unspecified atom stereocenters. The third-order valence-corrected chi connectivity index (χ3v) is 4.59. The van der Waals surface area contributed by atoms with Gasteiger partial charge in [-0.25, -0.2) is 9.18 Å². The number of hydrogen-bond acceptors (Lipinski definition) is 3. The zero-order chi connectivity index (χ0) is 16.8. The van der Waals surface area contributed by atoms with Gasteiger partial charge in [0.1, 0.15) is 11.6 Å². The SMILES string of the molecule is O=C(NCc1ccc(F)cc1)NC[C@@H](c1ccco1)c1cccs1. The van der Waals surface area contributed by atoms with E-state index in [-0.39, 0.29) is 17.8 Å². The van der Waals surface area contributed by atoms with Gasteiger partial charge in [0.05, 0.1) is 12.2 Å². The molecule has 0 spiro atoms. The second-order valence-corrected chi connectivity index (χ2v) is 6.25. The lowest BCUT2D eigenvalue weighted by Gasteiger charge is -2.14. The summed E-state index contributed by atoms with van der Waals surface area (Å²) >= 11 is 1.63. The summed E-state index contributed by atoms with van der Waals surface area (Å²) in [7, 11) is 0.